The highest BCUT2D eigenvalue weighted by molar-refractivity contribution is 7.13. The lowest BCUT2D eigenvalue weighted by atomic mass is 9.84. The number of aliphatic hydroxyl groups excluding tert-OH is 1. The maximum Gasteiger partial charge on any atom is 0.258 e. The lowest BCUT2D eigenvalue weighted by Crippen LogP contribution is -2.58. The second-order valence-corrected chi connectivity index (χ2v) is 14.2. The van der Waals surface area contributed by atoms with Crippen LogP contribution in [0.4, 0.5) is 0 Å². The quantitative estimate of drug-likeness (QED) is 0.284. The molecule has 1 aliphatic carbocycles. The van der Waals surface area contributed by atoms with Crippen LogP contribution in [0.1, 0.15) is 58.2 Å². The number of aromatic nitrogens is 2. The number of likely N-dealkylation sites (tertiary alicyclic amines) is 1. The van der Waals surface area contributed by atoms with Gasteiger partial charge in [-0.25, -0.2) is 9.97 Å². The van der Waals surface area contributed by atoms with Crippen molar-refractivity contribution in [1.82, 2.24) is 25.5 Å². The number of nitrogens with zero attached hydrogens (tertiary/aromatic N) is 3. The van der Waals surface area contributed by atoms with E-state index in [0.29, 0.717) is 17.5 Å². The van der Waals surface area contributed by atoms with Crippen LogP contribution in [0.5, 0.6) is 11.6 Å². The molecule has 1 aromatic carbocycles. The molecule has 1 saturated heterocycles. The molecule has 2 aliphatic rings. The van der Waals surface area contributed by atoms with Gasteiger partial charge in [-0.05, 0) is 48.3 Å². The van der Waals surface area contributed by atoms with Crippen molar-refractivity contribution in [1.29, 1.82) is 0 Å². The Balaban J connectivity index is 1.15. The first-order valence-electron chi connectivity index (χ1n) is 15.7. The fourth-order valence-electron chi connectivity index (χ4n) is 5.75. The predicted molar refractivity (Wildman–Crippen MR) is 174 cm³/mol. The molecule has 246 valence electrons. The first-order valence-corrected chi connectivity index (χ1v) is 16.6. The van der Waals surface area contributed by atoms with Crippen LogP contribution in [-0.4, -0.2) is 75.1 Å². The van der Waals surface area contributed by atoms with E-state index < -0.39 is 35.4 Å². The summed E-state index contributed by atoms with van der Waals surface area (Å²) in [4.78, 5) is 51.1. The van der Waals surface area contributed by atoms with Crippen LogP contribution in [0.15, 0.2) is 48.1 Å². The minimum absolute atomic E-state index is 0.00136. The van der Waals surface area contributed by atoms with Crippen LogP contribution in [0, 0.1) is 18.3 Å². The van der Waals surface area contributed by atoms with Crippen LogP contribution in [0.3, 0.4) is 0 Å². The normalized spacial score (nSPS) is 21.7. The van der Waals surface area contributed by atoms with E-state index in [1.165, 1.54) is 11.1 Å². The van der Waals surface area contributed by atoms with E-state index in [9.17, 15) is 19.5 Å². The van der Waals surface area contributed by atoms with Crippen molar-refractivity contribution < 1.29 is 29.0 Å². The third-order valence-corrected chi connectivity index (χ3v) is 9.39. The molecule has 5 rings (SSSR count). The molecule has 0 unspecified atom stereocenters. The van der Waals surface area contributed by atoms with Crippen molar-refractivity contribution in [3.63, 3.8) is 0 Å². The molecule has 3 aromatic rings. The van der Waals surface area contributed by atoms with Gasteiger partial charge >= 0.3 is 0 Å². The summed E-state index contributed by atoms with van der Waals surface area (Å²) in [7, 11) is 0. The Kier molecular flexibility index (Phi) is 10.3. The number of rotatable bonds is 11. The van der Waals surface area contributed by atoms with E-state index >= 15 is 0 Å². The van der Waals surface area contributed by atoms with Crippen LogP contribution < -0.4 is 20.1 Å². The molecule has 2 fully saturated rings. The number of aliphatic hydroxyl groups is 1. The van der Waals surface area contributed by atoms with Gasteiger partial charge in [-0.2, -0.15) is 0 Å². The Labute approximate surface area is 273 Å². The highest BCUT2D eigenvalue weighted by Gasteiger charge is 2.44. The number of amides is 3. The first-order chi connectivity index (χ1) is 21.9. The highest BCUT2D eigenvalue weighted by Crippen LogP contribution is 2.31. The van der Waals surface area contributed by atoms with Crippen LogP contribution in [0.2, 0.25) is 0 Å². The Morgan fingerprint density at radius 3 is 2.43 bits per heavy atom. The fraction of sp³-hybridized carbons (Fsp3) is 0.500. The lowest BCUT2D eigenvalue weighted by molar-refractivity contribution is -0.144. The molecule has 1 aliphatic heterocycles. The van der Waals surface area contributed by atoms with Gasteiger partial charge in [0, 0.05) is 25.6 Å². The molecule has 3 N–H and O–H groups in total. The second kappa shape index (κ2) is 14.2. The fourth-order valence-corrected chi connectivity index (χ4v) is 6.56. The minimum atomic E-state index is -0.953. The van der Waals surface area contributed by atoms with E-state index in [-0.39, 0.29) is 38.1 Å². The summed E-state index contributed by atoms with van der Waals surface area (Å²) in [6.45, 7) is 9.60. The Morgan fingerprint density at radius 1 is 1.09 bits per heavy atom. The number of carbonyl (C=O) groups is 3. The second-order valence-electron chi connectivity index (χ2n) is 13.4. The first kappa shape index (κ1) is 33.3. The molecule has 0 bridgehead atoms. The number of hydrogen-bond acceptors (Lipinski definition) is 9. The summed E-state index contributed by atoms with van der Waals surface area (Å²) in [6.07, 6.45) is 2.97. The molecule has 3 amide bonds. The zero-order valence-electron chi connectivity index (χ0n) is 27.0. The standard InChI is InChI=1S/C34H43N5O6S/c1-20-12-26(13-20)45-29-11-10-25(16-35-29)44-18-28(41)38-31(34(3,4)5)33(43)39-17-24(40)14-27(39)32(42)36-15-22-6-8-23(9-7-22)30-21(2)37-19-46-30/h6-11,16,19-20,24,26-27,31,40H,12-15,17-18H2,1-5H3,(H,36,42)(H,38,41)/t20?,24-,26?,27+,31-/m1/s1. The van der Waals surface area contributed by atoms with Crippen molar-refractivity contribution >= 4 is 29.1 Å². The van der Waals surface area contributed by atoms with Gasteiger partial charge in [0.05, 0.1) is 28.4 Å². The van der Waals surface area contributed by atoms with Crippen molar-refractivity contribution in [2.24, 2.45) is 11.3 Å². The molecule has 2 aromatic heterocycles. The predicted octanol–water partition coefficient (Wildman–Crippen LogP) is 3.88. The molecule has 12 heteroatoms. The van der Waals surface area contributed by atoms with Gasteiger partial charge in [0.15, 0.2) is 6.61 Å². The van der Waals surface area contributed by atoms with Gasteiger partial charge in [-0.1, -0.05) is 52.0 Å². The lowest BCUT2D eigenvalue weighted by Gasteiger charge is -2.35. The highest BCUT2D eigenvalue weighted by atomic mass is 32.1. The summed E-state index contributed by atoms with van der Waals surface area (Å²) in [5.74, 6) is 0.294. The van der Waals surface area contributed by atoms with Crippen LogP contribution in [-0.2, 0) is 20.9 Å². The number of β-amino-alcohol motifs (C(OH)–C–C–N with tert-alkyl or cyclic N) is 1. The van der Waals surface area contributed by atoms with Gasteiger partial charge < -0.3 is 30.1 Å². The number of hydrogen-bond donors (Lipinski definition) is 3. The number of nitrogens with one attached hydrogen (secondary N) is 2. The smallest absolute Gasteiger partial charge is 0.258 e. The van der Waals surface area contributed by atoms with Gasteiger partial charge in [0.2, 0.25) is 17.7 Å². The van der Waals surface area contributed by atoms with Crippen LogP contribution in [0.25, 0.3) is 10.4 Å². The maximum atomic E-state index is 13.8. The zero-order chi connectivity index (χ0) is 33.0. The third kappa shape index (κ3) is 8.21. The average Bonchev–Trinajstić information content (AvgIpc) is 3.62. The van der Waals surface area contributed by atoms with E-state index in [1.54, 1.807) is 23.5 Å². The van der Waals surface area contributed by atoms with Crippen molar-refractivity contribution in [3.8, 4) is 22.1 Å². The van der Waals surface area contributed by atoms with E-state index in [4.69, 9.17) is 9.47 Å². The Hall–Kier alpha value is -4.03. The van der Waals surface area contributed by atoms with Crippen molar-refractivity contribution in [2.75, 3.05) is 13.2 Å². The number of pyridine rings is 1. The Bertz CT molecular complexity index is 1510. The van der Waals surface area contributed by atoms with Gasteiger partial charge in [-0.15, -0.1) is 11.3 Å². The summed E-state index contributed by atoms with van der Waals surface area (Å²) in [6, 6.07) is 9.46. The minimum Gasteiger partial charge on any atom is -0.482 e. The molecule has 0 radical (unpaired) electrons. The summed E-state index contributed by atoms with van der Waals surface area (Å²) < 4.78 is 11.4. The zero-order valence-corrected chi connectivity index (χ0v) is 27.8. The monoisotopic (exact) mass is 649 g/mol. The molecule has 11 nitrogen and oxygen atoms in total. The average molecular weight is 650 g/mol. The van der Waals surface area contributed by atoms with Gasteiger partial charge in [0.1, 0.15) is 23.9 Å². The molecular formula is C34H43N5O6S. The molecule has 1 saturated carbocycles. The molecular weight excluding hydrogens is 606 g/mol. The summed E-state index contributed by atoms with van der Waals surface area (Å²) >= 11 is 1.58. The SMILES string of the molecule is Cc1ncsc1-c1ccc(CNC(=O)[C@@H]2C[C@@H](O)CN2C(=O)[C@@H](NC(=O)COc2ccc(OC3CC(C)C3)nc2)C(C)(C)C)cc1. The van der Waals surface area contributed by atoms with E-state index in [2.05, 4.69) is 27.5 Å². The molecule has 46 heavy (non-hydrogen) atoms. The number of benzene rings is 1. The topological polar surface area (TPSA) is 143 Å². The van der Waals surface area contributed by atoms with Crippen molar-refractivity contribution in [3.05, 3.63) is 59.4 Å². The number of ether oxygens (including phenoxy) is 2. The largest absolute Gasteiger partial charge is 0.482 e. The van der Waals surface area contributed by atoms with Crippen LogP contribution >= 0.6 is 11.3 Å². The number of aryl methyl sites for hydroxylation is 1. The summed E-state index contributed by atoms with van der Waals surface area (Å²) in [5, 5.41) is 16.2. The molecule has 0 spiro atoms. The molecule has 3 heterocycles. The molecule has 3 atom stereocenters. The number of carbonyl (C=O) groups excluding carboxylic acids is 3. The van der Waals surface area contributed by atoms with Crippen molar-refractivity contribution in [2.45, 2.75) is 84.7 Å². The summed E-state index contributed by atoms with van der Waals surface area (Å²) in [5.41, 5.74) is 4.07. The third-order valence-electron chi connectivity index (χ3n) is 8.41. The Morgan fingerprint density at radius 2 is 1.83 bits per heavy atom. The van der Waals surface area contributed by atoms with E-state index in [1.807, 2.05) is 57.5 Å². The van der Waals surface area contributed by atoms with E-state index in [0.717, 1.165) is 34.5 Å². The number of thiazole rings is 1. The van der Waals surface area contributed by atoms with Gasteiger partial charge in [0.25, 0.3) is 5.91 Å². The maximum absolute atomic E-state index is 13.8. The van der Waals surface area contributed by atoms with Gasteiger partial charge in [-0.3, -0.25) is 14.4 Å².